The number of carboxylic acids is 1. The molecule has 0 amide bonds. The van der Waals surface area contributed by atoms with E-state index >= 15 is 0 Å². The van der Waals surface area contributed by atoms with E-state index in [1.807, 2.05) is 19.1 Å². The minimum Gasteiger partial charge on any atom is -0.477 e. The van der Waals surface area contributed by atoms with Crippen LogP contribution in [0.2, 0.25) is 0 Å². The first kappa shape index (κ1) is 29.3. The Morgan fingerprint density at radius 1 is 1.03 bits per heavy atom. The largest absolute Gasteiger partial charge is 0.477 e. The van der Waals surface area contributed by atoms with Crippen molar-refractivity contribution in [1.29, 1.82) is 0 Å². The van der Waals surface area contributed by atoms with Crippen molar-refractivity contribution in [2.24, 2.45) is 0 Å². The molecule has 2 heterocycles. The average molecular weight is 647 g/mol. The average Bonchev–Trinajstić information content (AvgIpc) is 2.80. The van der Waals surface area contributed by atoms with Gasteiger partial charge < -0.3 is 15.0 Å². The summed E-state index contributed by atoms with van der Waals surface area (Å²) in [5, 5.41) is 8.96. The van der Waals surface area contributed by atoms with Gasteiger partial charge in [0.05, 0.1) is 0 Å². The third-order valence-corrected chi connectivity index (χ3v) is 4.92. The fourth-order valence-electron chi connectivity index (χ4n) is 3.12. The Balaban J connectivity index is 0.000000334. The van der Waals surface area contributed by atoms with E-state index in [4.69, 9.17) is 5.11 Å². The maximum Gasteiger partial charge on any atom is 0.354 e. The molecule has 185 valence electrons. The summed E-state index contributed by atoms with van der Waals surface area (Å²) < 4.78 is 26.0. The van der Waals surface area contributed by atoms with Gasteiger partial charge in [-0.15, -0.1) is 12.1 Å². The molecule has 1 N–H and O–H groups in total. The van der Waals surface area contributed by atoms with Gasteiger partial charge in [-0.05, 0) is 43.7 Å². The summed E-state index contributed by atoms with van der Waals surface area (Å²) in [5.74, 6) is -2.25. The van der Waals surface area contributed by atoms with Crippen LogP contribution < -0.4 is 4.90 Å². The summed E-state index contributed by atoms with van der Waals surface area (Å²) >= 11 is 0. The third-order valence-electron chi connectivity index (χ3n) is 4.92. The van der Waals surface area contributed by atoms with Crippen LogP contribution in [-0.4, -0.2) is 34.1 Å². The van der Waals surface area contributed by atoms with Crippen LogP contribution >= 0.6 is 0 Å². The molecule has 0 aliphatic heterocycles. The predicted molar refractivity (Wildman–Crippen MR) is 126 cm³/mol. The Bertz CT molecular complexity index is 1040. The van der Waals surface area contributed by atoms with E-state index in [0.717, 1.165) is 62.2 Å². The van der Waals surface area contributed by atoms with E-state index in [1.54, 1.807) is 24.5 Å². The second-order valence-corrected chi connectivity index (χ2v) is 7.66. The number of benzene rings is 1. The molecule has 0 spiro atoms. The number of halogens is 2. The third kappa shape index (κ3) is 9.27. The molecule has 0 fully saturated rings. The molecular weight excluding hydrogens is 617 g/mol. The Morgan fingerprint density at radius 2 is 1.68 bits per heavy atom. The Hall–Kier alpha value is -2.70. The Kier molecular flexibility index (Phi) is 13.2. The summed E-state index contributed by atoms with van der Waals surface area (Å²) in [7, 11) is 0. The van der Waals surface area contributed by atoms with Gasteiger partial charge >= 0.3 is 5.97 Å². The van der Waals surface area contributed by atoms with Crippen LogP contribution in [0.15, 0.2) is 48.8 Å². The van der Waals surface area contributed by atoms with Crippen LogP contribution in [0.4, 0.5) is 14.5 Å². The van der Waals surface area contributed by atoms with Crippen LogP contribution in [0.5, 0.6) is 0 Å². The summed E-state index contributed by atoms with van der Waals surface area (Å²) in [6, 6.07) is 11.6. The van der Waals surface area contributed by atoms with Crippen molar-refractivity contribution >= 4 is 11.7 Å². The van der Waals surface area contributed by atoms with Gasteiger partial charge in [0.25, 0.3) is 0 Å². The van der Waals surface area contributed by atoms with Gasteiger partial charge in [0.1, 0.15) is 5.69 Å². The topological polar surface area (TPSA) is 66.3 Å². The molecule has 0 unspecified atom stereocenters. The maximum atomic E-state index is 13.4. The minimum absolute atomic E-state index is 0. The van der Waals surface area contributed by atoms with Crippen LogP contribution in [-0.2, 0) is 20.1 Å². The number of nitrogens with zero attached hydrogens (tertiary/aromatic N) is 3. The van der Waals surface area contributed by atoms with Crippen molar-refractivity contribution in [1.82, 2.24) is 9.97 Å². The fourth-order valence-corrected chi connectivity index (χ4v) is 3.12. The van der Waals surface area contributed by atoms with Crippen LogP contribution in [0.3, 0.4) is 0 Å². The SMILES string of the molecule is CCCCN(CCCC)c1ccnc(C(=O)O)c1.Cc1ccnc(-c2[c-]cc(F)cc2F)c1.[Ir]. The molecule has 0 bridgehead atoms. The molecule has 1 aromatic carbocycles. The molecule has 5 nitrogen and oxygen atoms in total. The molecule has 0 aliphatic rings. The number of unbranched alkanes of at least 4 members (excludes halogenated alkanes) is 2. The van der Waals surface area contributed by atoms with Gasteiger partial charge in [-0.1, -0.05) is 49.9 Å². The van der Waals surface area contributed by atoms with Gasteiger partial charge in [-0.25, -0.2) is 9.78 Å². The van der Waals surface area contributed by atoms with E-state index in [0.29, 0.717) is 5.69 Å². The zero-order valence-electron chi connectivity index (χ0n) is 19.6. The number of hydrogen-bond acceptors (Lipinski definition) is 4. The summed E-state index contributed by atoms with van der Waals surface area (Å²) in [4.78, 5) is 21.0. The first-order valence-corrected chi connectivity index (χ1v) is 11.1. The van der Waals surface area contributed by atoms with E-state index < -0.39 is 17.6 Å². The molecule has 0 atom stereocenters. The van der Waals surface area contributed by atoms with E-state index in [2.05, 4.69) is 34.8 Å². The van der Waals surface area contributed by atoms with Crippen molar-refractivity contribution in [3.05, 3.63) is 77.8 Å². The molecule has 2 aromatic heterocycles. The number of aromatic nitrogens is 2. The van der Waals surface area contributed by atoms with Crippen molar-refractivity contribution < 1.29 is 38.8 Å². The van der Waals surface area contributed by atoms with Gasteiger partial charge in [0.2, 0.25) is 0 Å². The smallest absolute Gasteiger partial charge is 0.354 e. The summed E-state index contributed by atoms with van der Waals surface area (Å²) in [6.45, 7) is 8.15. The molecule has 0 saturated carbocycles. The van der Waals surface area contributed by atoms with E-state index in [-0.39, 0.29) is 31.4 Å². The fraction of sp³-hybridized carbons (Fsp3) is 0.346. The molecule has 34 heavy (non-hydrogen) atoms. The van der Waals surface area contributed by atoms with Crippen molar-refractivity contribution in [3.63, 3.8) is 0 Å². The van der Waals surface area contributed by atoms with Crippen molar-refractivity contribution in [2.75, 3.05) is 18.0 Å². The zero-order valence-corrected chi connectivity index (χ0v) is 22.0. The standard InChI is InChI=1S/C14H22N2O2.C12H8F2N.Ir/c1-3-5-9-16(10-6-4-2)12-7-8-15-13(11-12)14(17)18;1-8-4-5-15-12(6-8)10-3-2-9(13)7-11(10)14;/h7-8,11H,3-6,9-10H2,1-2H3,(H,17,18);2,4-7H,1H3;/q;-1;. The predicted octanol–water partition coefficient (Wildman–Crippen LogP) is 6.32. The molecule has 8 heteroatoms. The first-order chi connectivity index (χ1) is 15.8. The quantitative estimate of drug-likeness (QED) is 0.276. The first-order valence-electron chi connectivity index (χ1n) is 11.1. The van der Waals surface area contributed by atoms with E-state index in [1.165, 1.54) is 0 Å². The van der Waals surface area contributed by atoms with Crippen LogP contribution in [0, 0.1) is 24.6 Å². The minimum atomic E-state index is -0.970. The molecule has 0 aliphatic carbocycles. The molecule has 3 aromatic rings. The number of anilines is 1. The number of aryl methyl sites for hydroxylation is 1. The number of carbonyl (C=O) groups is 1. The number of rotatable bonds is 9. The summed E-state index contributed by atoms with van der Waals surface area (Å²) in [6.07, 6.45) is 7.67. The van der Waals surface area contributed by atoms with E-state index in [9.17, 15) is 13.6 Å². The molecule has 3 rings (SSSR count). The van der Waals surface area contributed by atoms with Gasteiger partial charge in [-0.2, -0.15) is 0 Å². The normalized spacial score (nSPS) is 10.0. The maximum absolute atomic E-state index is 13.4. The van der Waals surface area contributed by atoms with Gasteiger partial charge in [0.15, 0.2) is 0 Å². The molecular formula is C26H30F2IrN3O2-. The summed E-state index contributed by atoms with van der Waals surface area (Å²) in [5.41, 5.74) is 2.71. The molecule has 1 radical (unpaired) electrons. The number of pyridine rings is 2. The monoisotopic (exact) mass is 647 g/mol. The Morgan fingerprint density at radius 3 is 2.24 bits per heavy atom. The second kappa shape index (κ2) is 15.2. The van der Waals surface area contributed by atoms with Crippen molar-refractivity contribution in [2.45, 2.75) is 46.5 Å². The van der Waals surface area contributed by atoms with Crippen LogP contribution in [0.1, 0.15) is 55.6 Å². The number of aromatic carboxylic acids is 1. The second-order valence-electron chi connectivity index (χ2n) is 7.66. The number of carboxylic acid groups (broad SMARTS) is 1. The number of hydrogen-bond donors (Lipinski definition) is 1. The van der Waals surface area contributed by atoms with Crippen LogP contribution in [0.25, 0.3) is 11.3 Å². The zero-order chi connectivity index (χ0) is 24.2. The Labute approximate surface area is 213 Å². The van der Waals surface area contributed by atoms with Gasteiger partial charge in [0, 0.05) is 62.9 Å². The van der Waals surface area contributed by atoms with Crippen molar-refractivity contribution in [3.8, 4) is 11.3 Å². The molecule has 0 saturated heterocycles. The van der Waals surface area contributed by atoms with Gasteiger partial charge in [-0.3, -0.25) is 8.78 Å².